The SMILES string of the molecule is O=C(NC1CC1)c1cc(OC2CCC2)c2cc(N3CCC4(CC3)CC(Cc3c(-c5ccccc5C(F)(F)F)noc3C3CC3)C4)ccc2n1. The first kappa shape index (κ1) is 30.9. The summed E-state index contributed by atoms with van der Waals surface area (Å²) in [6.45, 7) is 1.88. The number of hydrogen-bond donors (Lipinski definition) is 1. The molecule has 3 heterocycles. The lowest BCUT2D eigenvalue weighted by Gasteiger charge is -2.53. The highest BCUT2D eigenvalue weighted by molar-refractivity contribution is 5.98. The van der Waals surface area contributed by atoms with Crippen molar-refractivity contribution >= 4 is 22.5 Å². The van der Waals surface area contributed by atoms with Crippen LogP contribution in [0.1, 0.15) is 104 Å². The first-order valence-electron chi connectivity index (χ1n) is 18.0. The minimum Gasteiger partial charge on any atom is -0.490 e. The highest BCUT2D eigenvalue weighted by Gasteiger charge is 2.47. The topological polar surface area (TPSA) is 80.5 Å². The lowest BCUT2D eigenvalue weighted by atomic mass is 9.56. The molecule has 4 aromatic rings. The minimum absolute atomic E-state index is 0.118. The number of alkyl halides is 3. The summed E-state index contributed by atoms with van der Waals surface area (Å²) < 4.78 is 54.0. The molecule has 1 spiro atoms. The number of carbonyl (C=O) groups is 1. The summed E-state index contributed by atoms with van der Waals surface area (Å²) in [6, 6.07) is 14.1. The maximum atomic E-state index is 13.9. The van der Waals surface area contributed by atoms with Gasteiger partial charge in [-0.2, -0.15) is 13.2 Å². The molecule has 10 heteroatoms. The van der Waals surface area contributed by atoms with Crippen molar-refractivity contribution in [2.75, 3.05) is 18.0 Å². The van der Waals surface area contributed by atoms with Gasteiger partial charge in [-0.05, 0) is 113 Å². The van der Waals surface area contributed by atoms with E-state index in [1.165, 1.54) is 12.1 Å². The molecular weight excluding hydrogens is 629 g/mol. The molecule has 4 aliphatic carbocycles. The zero-order chi connectivity index (χ0) is 33.3. The Hall–Kier alpha value is -4.08. The number of aromatic nitrogens is 2. The molecule has 5 fully saturated rings. The highest BCUT2D eigenvalue weighted by Crippen LogP contribution is 2.55. The molecular formula is C39H41F3N4O3. The van der Waals surface area contributed by atoms with Gasteiger partial charge in [0.05, 0.1) is 17.2 Å². The number of halogens is 3. The molecule has 7 nitrogen and oxygen atoms in total. The van der Waals surface area contributed by atoms with Crippen LogP contribution < -0.4 is 15.0 Å². The molecule has 0 bridgehead atoms. The Labute approximate surface area is 283 Å². The van der Waals surface area contributed by atoms with Crippen LogP contribution in [0.15, 0.2) is 53.1 Å². The fourth-order valence-corrected chi connectivity index (χ4v) is 8.33. The van der Waals surface area contributed by atoms with Gasteiger partial charge in [-0.3, -0.25) is 4.79 Å². The summed E-state index contributed by atoms with van der Waals surface area (Å²) in [5, 5.41) is 8.24. The molecule has 2 aromatic heterocycles. The largest absolute Gasteiger partial charge is 0.490 e. The molecule has 1 N–H and O–H groups in total. The lowest BCUT2D eigenvalue weighted by molar-refractivity contribution is -0.137. The second kappa shape index (κ2) is 11.8. The van der Waals surface area contributed by atoms with Crippen LogP contribution in [0, 0.1) is 11.3 Å². The first-order chi connectivity index (χ1) is 23.7. The predicted molar refractivity (Wildman–Crippen MR) is 180 cm³/mol. The van der Waals surface area contributed by atoms with Gasteiger partial charge in [0.2, 0.25) is 0 Å². The molecule has 9 rings (SSSR count). The van der Waals surface area contributed by atoms with E-state index in [4.69, 9.17) is 14.2 Å². The van der Waals surface area contributed by atoms with Gasteiger partial charge in [0, 0.05) is 53.3 Å². The summed E-state index contributed by atoms with van der Waals surface area (Å²) in [5.74, 6) is 2.08. The van der Waals surface area contributed by atoms with Gasteiger partial charge in [0.1, 0.15) is 22.9 Å². The third-order valence-electron chi connectivity index (χ3n) is 11.6. The average molecular weight is 671 g/mol. The molecule has 256 valence electrons. The number of benzene rings is 2. The maximum absolute atomic E-state index is 13.9. The van der Waals surface area contributed by atoms with Gasteiger partial charge in [-0.1, -0.05) is 23.4 Å². The van der Waals surface area contributed by atoms with Gasteiger partial charge in [-0.25, -0.2) is 4.98 Å². The number of ether oxygens (including phenoxy) is 1. The number of pyridine rings is 1. The third-order valence-corrected chi connectivity index (χ3v) is 11.6. The number of hydrogen-bond acceptors (Lipinski definition) is 6. The van der Waals surface area contributed by atoms with Crippen LogP contribution in [0.4, 0.5) is 18.9 Å². The van der Waals surface area contributed by atoms with Crippen LogP contribution in [0.5, 0.6) is 5.75 Å². The summed E-state index contributed by atoms with van der Waals surface area (Å²) in [4.78, 5) is 20.0. The van der Waals surface area contributed by atoms with E-state index in [0.717, 1.165) is 123 Å². The summed E-state index contributed by atoms with van der Waals surface area (Å²) in [7, 11) is 0. The molecule has 0 radical (unpaired) electrons. The first-order valence-corrected chi connectivity index (χ1v) is 18.0. The minimum atomic E-state index is -4.46. The molecule has 4 saturated carbocycles. The highest BCUT2D eigenvalue weighted by atomic mass is 19.4. The van der Waals surface area contributed by atoms with Gasteiger partial charge < -0.3 is 19.5 Å². The Morgan fingerprint density at radius 2 is 1.78 bits per heavy atom. The van der Waals surface area contributed by atoms with Crippen LogP contribution in [-0.4, -0.2) is 41.3 Å². The quantitative estimate of drug-likeness (QED) is 0.192. The Bertz CT molecular complexity index is 1890. The van der Waals surface area contributed by atoms with Crippen molar-refractivity contribution in [3.63, 3.8) is 0 Å². The lowest BCUT2D eigenvalue weighted by Crippen LogP contribution is -2.47. The molecule has 2 aromatic carbocycles. The van der Waals surface area contributed by atoms with Crippen molar-refractivity contribution in [3.05, 3.63) is 71.1 Å². The standard InChI is InChI=1S/C39H41F3N4O3/c40-39(41,42)31-7-2-1-6-28(31)35-30(36(49-45-35)24-8-9-24)18-23-21-38(22-23)14-16-46(17-15-38)26-12-13-32-29(19-26)34(48-27-4-3-5-27)20-33(44-32)37(47)43-25-10-11-25/h1-2,6-7,12-13,19-20,23-25,27H,3-5,8-11,14-18,21-22H2,(H,43,47). The van der Waals surface area contributed by atoms with E-state index in [1.54, 1.807) is 6.07 Å². The van der Waals surface area contributed by atoms with Crippen LogP contribution in [0.25, 0.3) is 22.2 Å². The van der Waals surface area contributed by atoms with Crippen molar-refractivity contribution < 1.29 is 27.2 Å². The second-order valence-electron chi connectivity index (χ2n) is 15.3. The van der Waals surface area contributed by atoms with Crippen molar-refractivity contribution in [3.8, 4) is 17.0 Å². The monoisotopic (exact) mass is 670 g/mol. The second-order valence-corrected chi connectivity index (χ2v) is 15.3. The van der Waals surface area contributed by atoms with E-state index in [-0.39, 0.29) is 34.9 Å². The van der Waals surface area contributed by atoms with Gasteiger partial charge in [-0.15, -0.1) is 0 Å². The molecule has 5 aliphatic rings. The fourth-order valence-electron chi connectivity index (χ4n) is 8.33. The van der Waals surface area contributed by atoms with E-state index in [1.807, 2.05) is 12.1 Å². The normalized spacial score (nSPS) is 21.1. The molecule has 1 saturated heterocycles. The average Bonchev–Trinajstić information content (AvgIpc) is 4.01. The number of piperidine rings is 1. The van der Waals surface area contributed by atoms with Crippen LogP contribution in [0.2, 0.25) is 0 Å². The molecule has 1 amide bonds. The van der Waals surface area contributed by atoms with Gasteiger partial charge in [0.15, 0.2) is 0 Å². The Balaban J connectivity index is 0.892. The van der Waals surface area contributed by atoms with E-state index in [9.17, 15) is 18.0 Å². The number of amides is 1. The van der Waals surface area contributed by atoms with Crippen molar-refractivity contribution in [2.24, 2.45) is 11.3 Å². The zero-order valence-electron chi connectivity index (χ0n) is 27.5. The third kappa shape index (κ3) is 6.05. The number of nitrogens with one attached hydrogen (secondary N) is 1. The Morgan fingerprint density at radius 1 is 1.00 bits per heavy atom. The van der Waals surface area contributed by atoms with E-state index < -0.39 is 11.7 Å². The molecule has 0 unspecified atom stereocenters. The molecule has 49 heavy (non-hydrogen) atoms. The Morgan fingerprint density at radius 3 is 2.47 bits per heavy atom. The Kier molecular flexibility index (Phi) is 7.43. The van der Waals surface area contributed by atoms with E-state index in [0.29, 0.717) is 23.7 Å². The molecule has 0 atom stereocenters. The fraction of sp³-hybridized carbons (Fsp3) is 0.513. The smallest absolute Gasteiger partial charge is 0.417 e. The number of carbonyl (C=O) groups excluding carboxylic acids is 1. The number of fused-ring (bicyclic) bond motifs is 1. The number of nitrogens with zero attached hydrogens (tertiary/aromatic N) is 3. The summed E-state index contributed by atoms with van der Waals surface area (Å²) >= 11 is 0. The van der Waals surface area contributed by atoms with Crippen LogP contribution >= 0.6 is 0 Å². The van der Waals surface area contributed by atoms with E-state index in [2.05, 4.69) is 27.5 Å². The van der Waals surface area contributed by atoms with Crippen molar-refractivity contribution in [1.82, 2.24) is 15.5 Å². The summed E-state index contributed by atoms with van der Waals surface area (Å²) in [5.41, 5.74) is 3.30. The summed E-state index contributed by atoms with van der Waals surface area (Å²) in [6.07, 6.45) is 8.02. The zero-order valence-corrected chi connectivity index (χ0v) is 27.5. The molecule has 1 aliphatic heterocycles. The van der Waals surface area contributed by atoms with Gasteiger partial charge >= 0.3 is 6.18 Å². The van der Waals surface area contributed by atoms with Crippen LogP contribution in [0.3, 0.4) is 0 Å². The van der Waals surface area contributed by atoms with E-state index >= 15 is 0 Å². The van der Waals surface area contributed by atoms with Crippen LogP contribution in [-0.2, 0) is 12.6 Å². The number of anilines is 1. The maximum Gasteiger partial charge on any atom is 0.417 e. The predicted octanol–water partition coefficient (Wildman–Crippen LogP) is 8.85. The van der Waals surface area contributed by atoms with Gasteiger partial charge in [0.25, 0.3) is 5.91 Å². The van der Waals surface area contributed by atoms with Crippen molar-refractivity contribution in [2.45, 2.75) is 101 Å². The number of rotatable bonds is 9. The van der Waals surface area contributed by atoms with Crippen molar-refractivity contribution in [1.29, 1.82) is 0 Å².